The molecule has 2 fully saturated rings. The number of carbonyl (C=O) groups is 1. The van der Waals surface area contributed by atoms with Crippen molar-refractivity contribution >= 4 is 34.8 Å². The summed E-state index contributed by atoms with van der Waals surface area (Å²) in [6.07, 6.45) is 0.0333. The van der Waals surface area contributed by atoms with E-state index in [-0.39, 0.29) is 33.2 Å². The minimum atomic E-state index is -1.46. The lowest BCUT2D eigenvalue weighted by atomic mass is 9.56. The highest BCUT2D eigenvalue weighted by atomic mass is 35.5. The minimum absolute atomic E-state index is 0.0941. The number of methoxy groups -OCH3 is 1. The van der Waals surface area contributed by atoms with Crippen LogP contribution in [0.15, 0.2) is 36.4 Å². The van der Waals surface area contributed by atoms with E-state index in [9.17, 15) is 10.1 Å². The Kier molecular flexibility index (Phi) is 9.77. The molecule has 4 rings (SSSR count). The molecule has 0 aromatic heterocycles. The molecule has 0 bridgehead atoms. The van der Waals surface area contributed by atoms with Gasteiger partial charge in [0.1, 0.15) is 17.7 Å². The number of anilines is 1. The van der Waals surface area contributed by atoms with E-state index in [1.165, 1.54) is 13.2 Å². The van der Waals surface area contributed by atoms with Gasteiger partial charge in [-0.25, -0.2) is 8.78 Å². The van der Waals surface area contributed by atoms with E-state index in [4.69, 9.17) is 27.9 Å². The molecule has 1 amide bonds. The number of rotatable bonds is 6. The first-order valence-corrected chi connectivity index (χ1v) is 15.7. The van der Waals surface area contributed by atoms with Gasteiger partial charge in [-0.2, -0.15) is 5.26 Å². The lowest BCUT2D eigenvalue weighted by Gasteiger charge is -2.46. The molecule has 43 heavy (non-hydrogen) atoms. The molecule has 9 heteroatoms. The van der Waals surface area contributed by atoms with Crippen LogP contribution in [0.1, 0.15) is 84.3 Å². The zero-order valence-electron chi connectivity index (χ0n) is 26.0. The van der Waals surface area contributed by atoms with Crippen LogP contribution in [0.3, 0.4) is 0 Å². The minimum Gasteiger partial charge on any atom is -0.495 e. The number of hydrogen-bond acceptors (Lipinski definition) is 4. The van der Waals surface area contributed by atoms with Crippen molar-refractivity contribution in [1.82, 2.24) is 5.32 Å². The molecular formula is C34H43Cl2F2N3O2. The van der Waals surface area contributed by atoms with Gasteiger partial charge in [-0.1, -0.05) is 71.3 Å². The summed E-state index contributed by atoms with van der Waals surface area (Å²) in [6, 6.07) is 11.0. The van der Waals surface area contributed by atoms with Crippen molar-refractivity contribution in [2.24, 2.45) is 16.7 Å². The van der Waals surface area contributed by atoms with E-state index in [1.54, 1.807) is 18.2 Å². The van der Waals surface area contributed by atoms with Crippen molar-refractivity contribution in [1.29, 1.82) is 5.26 Å². The number of nitrogens with one attached hydrogen (secondary N) is 2. The van der Waals surface area contributed by atoms with E-state index < -0.39 is 47.2 Å². The number of hydrogen-bond donors (Lipinski definition) is 2. The summed E-state index contributed by atoms with van der Waals surface area (Å²) in [4.78, 5) is 14.3. The van der Waals surface area contributed by atoms with Crippen LogP contribution >= 0.6 is 23.2 Å². The van der Waals surface area contributed by atoms with Crippen LogP contribution in [0, 0.1) is 33.9 Å². The largest absolute Gasteiger partial charge is 0.495 e. The highest BCUT2D eigenvalue weighted by Gasteiger charge is 2.64. The summed E-state index contributed by atoms with van der Waals surface area (Å²) < 4.78 is 37.6. The van der Waals surface area contributed by atoms with Crippen molar-refractivity contribution in [2.75, 3.05) is 12.4 Å². The Morgan fingerprint density at radius 2 is 1.88 bits per heavy atom. The van der Waals surface area contributed by atoms with Crippen LogP contribution in [-0.2, 0) is 10.2 Å². The van der Waals surface area contributed by atoms with Gasteiger partial charge in [0.05, 0.1) is 35.3 Å². The molecule has 2 aromatic rings. The van der Waals surface area contributed by atoms with Crippen LogP contribution in [0.4, 0.5) is 14.5 Å². The Hall–Kier alpha value is -2.40. The first kappa shape index (κ1) is 33.5. The number of alkyl halides is 2. The second kappa shape index (κ2) is 12.5. The molecule has 1 heterocycles. The summed E-state index contributed by atoms with van der Waals surface area (Å²) in [7, 11) is 1.53. The number of benzene rings is 2. The molecule has 0 spiro atoms. The number of halogens is 4. The maximum absolute atomic E-state index is 16.1. The molecule has 1 aliphatic heterocycles. The Labute approximate surface area is 264 Å². The average Bonchev–Trinajstić information content (AvgIpc) is 3.22. The first-order valence-electron chi connectivity index (χ1n) is 14.9. The lowest BCUT2D eigenvalue weighted by molar-refractivity contribution is -0.118. The van der Waals surface area contributed by atoms with Gasteiger partial charge in [0.2, 0.25) is 5.91 Å². The molecule has 2 aliphatic rings. The van der Waals surface area contributed by atoms with E-state index in [1.807, 2.05) is 32.9 Å². The Morgan fingerprint density at radius 3 is 2.47 bits per heavy atom. The second-order valence-electron chi connectivity index (χ2n) is 14.3. The fourth-order valence-electron chi connectivity index (χ4n) is 7.00. The third-order valence-electron chi connectivity index (χ3n) is 9.06. The fourth-order valence-corrected chi connectivity index (χ4v) is 7.48. The quantitative estimate of drug-likeness (QED) is 0.313. The maximum Gasteiger partial charge on any atom is 0.242 e. The lowest BCUT2D eigenvalue weighted by Crippen LogP contribution is -2.50. The smallest absolute Gasteiger partial charge is 0.242 e. The Balaban J connectivity index is 1.88. The summed E-state index contributed by atoms with van der Waals surface area (Å²) in [5.74, 6) is -2.50. The molecular weight excluding hydrogens is 591 g/mol. The predicted molar refractivity (Wildman–Crippen MR) is 169 cm³/mol. The third-order valence-corrected chi connectivity index (χ3v) is 9.75. The molecule has 1 aliphatic carbocycles. The topological polar surface area (TPSA) is 74.2 Å². The van der Waals surface area contributed by atoms with Gasteiger partial charge < -0.3 is 15.4 Å². The summed E-state index contributed by atoms with van der Waals surface area (Å²) >= 11 is 12.6. The molecule has 234 valence electrons. The Morgan fingerprint density at radius 1 is 1.19 bits per heavy atom. The van der Waals surface area contributed by atoms with Crippen molar-refractivity contribution < 1.29 is 18.3 Å². The van der Waals surface area contributed by atoms with Crippen LogP contribution in [-0.4, -0.2) is 36.6 Å². The maximum atomic E-state index is 16.1. The van der Waals surface area contributed by atoms with Gasteiger partial charge >= 0.3 is 0 Å². The van der Waals surface area contributed by atoms with Crippen molar-refractivity contribution in [3.63, 3.8) is 0 Å². The van der Waals surface area contributed by atoms with E-state index in [0.29, 0.717) is 30.7 Å². The van der Waals surface area contributed by atoms with Crippen LogP contribution in [0.2, 0.25) is 5.02 Å². The van der Waals surface area contributed by atoms with Gasteiger partial charge in [-0.3, -0.25) is 4.79 Å². The Bertz CT molecular complexity index is 1380. The van der Waals surface area contributed by atoms with Gasteiger partial charge in [-0.05, 0) is 65.8 Å². The highest BCUT2D eigenvalue weighted by molar-refractivity contribution is 6.30. The predicted octanol–water partition coefficient (Wildman–Crippen LogP) is 8.54. The van der Waals surface area contributed by atoms with Crippen molar-refractivity contribution in [3.05, 3.63) is 58.4 Å². The number of amides is 1. The summed E-state index contributed by atoms with van der Waals surface area (Å²) in [5.41, 5.74) is -0.302. The molecule has 0 radical (unpaired) electrons. The SMILES string of the molecule is COc1cc(C(C)(C)C)ccc1NC(=O)[C@@H]1N[C@@H](CC(C)(C)C)[C@](C#N)(C2CC[C@H](Cl)CC2F)[C@H]1c1cccc(Cl)c1F. The van der Waals surface area contributed by atoms with E-state index in [2.05, 4.69) is 37.5 Å². The van der Waals surface area contributed by atoms with E-state index >= 15 is 8.78 Å². The number of carbonyl (C=O) groups excluding carboxylic acids is 1. The summed E-state index contributed by atoms with van der Waals surface area (Å²) in [5, 5.41) is 17.0. The van der Waals surface area contributed by atoms with Gasteiger partial charge in [0.25, 0.3) is 0 Å². The third kappa shape index (κ3) is 6.67. The number of nitriles is 1. The van der Waals surface area contributed by atoms with Crippen molar-refractivity contribution in [2.45, 2.75) is 102 Å². The van der Waals surface area contributed by atoms with Crippen LogP contribution < -0.4 is 15.4 Å². The number of ether oxygens (including phenoxy) is 1. The van der Waals surface area contributed by atoms with E-state index in [0.717, 1.165) is 5.56 Å². The molecule has 1 saturated heterocycles. The molecule has 1 saturated carbocycles. The first-order chi connectivity index (χ1) is 20.0. The molecule has 2 N–H and O–H groups in total. The van der Waals surface area contributed by atoms with Gasteiger partial charge in [0, 0.05) is 23.3 Å². The van der Waals surface area contributed by atoms with Crippen LogP contribution in [0.25, 0.3) is 0 Å². The van der Waals surface area contributed by atoms with Gasteiger partial charge in [0.15, 0.2) is 0 Å². The zero-order valence-corrected chi connectivity index (χ0v) is 27.5. The second-order valence-corrected chi connectivity index (χ2v) is 15.3. The number of nitrogens with zero attached hydrogens (tertiary/aromatic N) is 1. The summed E-state index contributed by atoms with van der Waals surface area (Å²) in [6.45, 7) is 12.3. The normalized spacial score (nSPS) is 29.6. The van der Waals surface area contributed by atoms with Gasteiger partial charge in [-0.15, -0.1) is 11.6 Å². The molecule has 7 atom stereocenters. The standard InChI is InChI=1S/C34H43Cl2F2N3O2/c1-32(2,3)17-27-34(18-39,22-13-12-20(35)16-24(22)37)28(21-9-8-10-23(36)29(21)38)30(41-27)31(42)40-25-14-11-19(33(4,5)6)15-26(25)43-7/h8-11,14-15,20,22,24,27-28,30,41H,12-13,16-17H2,1-7H3,(H,40,42)/t20-,22?,24?,27-,28-,30+,34-/m0/s1. The zero-order chi connectivity index (χ0) is 31.9. The fraction of sp³-hybridized carbons (Fsp3) is 0.588. The van der Waals surface area contributed by atoms with Crippen LogP contribution in [0.5, 0.6) is 5.75 Å². The molecule has 2 unspecified atom stereocenters. The molecule has 2 aromatic carbocycles. The van der Waals surface area contributed by atoms with Crippen molar-refractivity contribution in [3.8, 4) is 11.8 Å². The average molecular weight is 635 g/mol. The highest BCUT2D eigenvalue weighted by Crippen LogP contribution is 2.58. The monoisotopic (exact) mass is 633 g/mol. The molecule has 5 nitrogen and oxygen atoms in total.